The molecule has 1 unspecified atom stereocenters. The van der Waals surface area contributed by atoms with Crippen LogP contribution in [0.2, 0.25) is 0 Å². The van der Waals surface area contributed by atoms with Crippen LogP contribution in [0.3, 0.4) is 0 Å². The quantitative estimate of drug-likeness (QED) is 0.700. The molecule has 0 bridgehead atoms. The van der Waals surface area contributed by atoms with Gasteiger partial charge in [0, 0.05) is 6.07 Å². The molecular weight excluding hydrogens is 341 g/mol. The van der Waals surface area contributed by atoms with E-state index in [1.165, 1.54) is 24.3 Å². The fraction of sp³-hybridized carbons (Fsp3) is 0.333. The molecule has 2 rings (SSSR count). The molecule has 2 aromatic rings. The third-order valence-electron chi connectivity index (χ3n) is 3.57. The van der Waals surface area contributed by atoms with Crippen molar-refractivity contribution >= 4 is 18.1 Å². The lowest BCUT2D eigenvalue weighted by atomic mass is 10.0. The lowest BCUT2D eigenvalue weighted by Gasteiger charge is -2.18. The van der Waals surface area contributed by atoms with Crippen molar-refractivity contribution in [1.82, 2.24) is 15.8 Å². The molecule has 1 heterocycles. The first-order chi connectivity index (χ1) is 12.4. The van der Waals surface area contributed by atoms with Crippen LogP contribution in [0.1, 0.15) is 30.8 Å². The van der Waals surface area contributed by atoms with E-state index in [2.05, 4.69) is 15.8 Å². The van der Waals surface area contributed by atoms with Gasteiger partial charge in [-0.3, -0.25) is 9.59 Å². The number of nitrogens with zero attached hydrogens (tertiary/aromatic N) is 1. The molecule has 138 valence electrons. The van der Waals surface area contributed by atoms with Gasteiger partial charge in [0.2, 0.25) is 5.91 Å². The van der Waals surface area contributed by atoms with Gasteiger partial charge in [-0.25, -0.2) is 4.39 Å². The monoisotopic (exact) mass is 361 g/mol. The number of rotatable bonds is 8. The zero-order valence-electron chi connectivity index (χ0n) is 14.5. The van der Waals surface area contributed by atoms with Crippen LogP contribution in [-0.2, 0) is 9.59 Å². The Morgan fingerprint density at radius 1 is 1.31 bits per heavy atom. The standard InChI is InChI=1S/C18H20FN3O4/c1-11(2)9-14(17(24)20-7-8-23)21-18(25)15-10-16(26-22-15)12-5-3-4-6-13(12)19/h3-6,8,10-11,14H,7,9H2,1-2H3,(H,20,24)(H,21,25). The summed E-state index contributed by atoms with van der Waals surface area (Å²) in [5.74, 6) is -1.34. The molecule has 0 spiro atoms. The smallest absolute Gasteiger partial charge is 0.274 e. The van der Waals surface area contributed by atoms with E-state index >= 15 is 0 Å². The molecule has 1 atom stereocenters. The number of carbonyl (C=O) groups excluding carboxylic acids is 3. The van der Waals surface area contributed by atoms with Crippen molar-refractivity contribution in [3.63, 3.8) is 0 Å². The highest BCUT2D eigenvalue weighted by molar-refractivity contribution is 5.96. The Morgan fingerprint density at radius 2 is 2.04 bits per heavy atom. The topological polar surface area (TPSA) is 101 Å². The van der Waals surface area contributed by atoms with Gasteiger partial charge in [-0.1, -0.05) is 31.1 Å². The summed E-state index contributed by atoms with van der Waals surface area (Å²) >= 11 is 0. The van der Waals surface area contributed by atoms with E-state index in [4.69, 9.17) is 4.52 Å². The summed E-state index contributed by atoms with van der Waals surface area (Å²) in [6.45, 7) is 3.67. The van der Waals surface area contributed by atoms with Crippen molar-refractivity contribution < 1.29 is 23.3 Å². The third-order valence-corrected chi connectivity index (χ3v) is 3.57. The maximum absolute atomic E-state index is 13.8. The van der Waals surface area contributed by atoms with Crippen LogP contribution in [0, 0.1) is 11.7 Å². The van der Waals surface area contributed by atoms with Crippen LogP contribution in [0.5, 0.6) is 0 Å². The van der Waals surface area contributed by atoms with Crippen LogP contribution in [-0.4, -0.2) is 35.8 Å². The first kappa shape index (κ1) is 19.3. The van der Waals surface area contributed by atoms with E-state index in [9.17, 15) is 18.8 Å². The summed E-state index contributed by atoms with van der Waals surface area (Å²) in [5, 5.41) is 8.63. The Labute approximate surface area is 149 Å². The Bertz CT molecular complexity index is 788. The molecule has 7 nitrogen and oxygen atoms in total. The maximum atomic E-state index is 13.8. The molecule has 0 saturated heterocycles. The van der Waals surface area contributed by atoms with Gasteiger partial charge in [0.25, 0.3) is 5.91 Å². The van der Waals surface area contributed by atoms with Crippen LogP contribution in [0.25, 0.3) is 11.3 Å². The Hall–Kier alpha value is -3.03. The molecule has 0 radical (unpaired) electrons. The van der Waals surface area contributed by atoms with E-state index in [0.29, 0.717) is 12.7 Å². The average molecular weight is 361 g/mol. The normalized spacial score (nSPS) is 11.8. The number of aldehydes is 1. The van der Waals surface area contributed by atoms with Crippen molar-refractivity contribution in [3.8, 4) is 11.3 Å². The minimum atomic E-state index is -0.823. The minimum absolute atomic E-state index is 0.0693. The summed E-state index contributed by atoms with van der Waals surface area (Å²) in [4.78, 5) is 34.9. The molecule has 1 aromatic carbocycles. The van der Waals surface area contributed by atoms with Crippen LogP contribution in [0.4, 0.5) is 4.39 Å². The molecule has 8 heteroatoms. The highest BCUT2D eigenvalue weighted by Crippen LogP contribution is 2.23. The van der Waals surface area contributed by atoms with E-state index in [1.807, 2.05) is 13.8 Å². The van der Waals surface area contributed by atoms with Crippen molar-refractivity contribution in [2.75, 3.05) is 6.54 Å². The second kappa shape index (κ2) is 8.89. The van der Waals surface area contributed by atoms with Gasteiger partial charge in [0.05, 0.1) is 12.1 Å². The molecule has 1 aromatic heterocycles. The maximum Gasteiger partial charge on any atom is 0.274 e. The zero-order valence-corrected chi connectivity index (χ0v) is 14.5. The Morgan fingerprint density at radius 3 is 2.69 bits per heavy atom. The summed E-state index contributed by atoms with van der Waals surface area (Å²) in [6, 6.07) is 6.44. The fourth-order valence-corrected chi connectivity index (χ4v) is 2.37. The van der Waals surface area contributed by atoms with Gasteiger partial charge >= 0.3 is 0 Å². The molecular formula is C18H20FN3O4. The average Bonchev–Trinajstić information content (AvgIpc) is 3.09. The number of nitrogens with one attached hydrogen (secondary N) is 2. The number of benzene rings is 1. The lowest BCUT2D eigenvalue weighted by molar-refractivity contribution is -0.124. The largest absolute Gasteiger partial charge is 0.355 e. The van der Waals surface area contributed by atoms with Crippen LogP contribution < -0.4 is 10.6 Å². The number of hydrogen-bond acceptors (Lipinski definition) is 5. The van der Waals surface area contributed by atoms with Gasteiger partial charge in [0.1, 0.15) is 18.1 Å². The first-order valence-corrected chi connectivity index (χ1v) is 8.16. The number of carbonyl (C=O) groups is 3. The van der Waals surface area contributed by atoms with Crippen molar-refractivity contribution in [3.05, 3.63) is 41.8 Å². The van der Waals surface area contributed by atoms with E-state index < -0.39 is 23.7 Å². The number of aromatic nitrogens is 1. The highest BCUT2D eigenvalue weighted by atomic mass is 19.1. The van der Waals surface area contributed by atoms with Crippen LogP contribution >= 0.6 is 0 Å². The molecule has 2 N–H and O–H groups in total. The molecule has 0 fully saturated rings. The number of hydrogen-bond donors (Lipinski definition) is 2. The van der Waals surface area contributed by atoms with Gasteiger partial charge in [-0.2, -0.15) is 0 Å². The van der Waals surface area contributed by atoms with Crippen molar-refractivity contribution in [2.45, 2.75) is 26.3 Å². The van der Waals surface area contributed by atoms with Gasteiger partial charge < -0.3 is 20.0 Å². The second-order valence-electron chi connectivity index (χ2n) is 6.12. The SMILES string of the molecule is CC(C)CC(NC(=O)c1cc(-c2ccccc2F)on1)C(=O)NCC=O. The highest BCUT2D eigenvalue weighted by Gasteiger charge is 2.24. The summed E-state index contributed by atoms with van der Waals surface area (Å²) in [6.07, 6.45) is 0.943. The van der Waals surface area contributed by atoms with Gasteiger partial charge in [-0.15, -0.1) is 0 Å². The zero-order chi connectivity index (χ0) is 19.1. The van der Waals surface area contributed by atoms with Gasteiger partial charge in [0.15, 0.2) is 11.5 Å². The summed E-state index contributed by atoms with van der Waals surface area (Å²) in [7, 11) is 0. The van der Waals surface area contributed by atoms with Crippen molar-refractivity contribution in [2.24, 2.45) is 5.92 Å². The molecule has 26 heavy (non-hydrogen) atoms. The number of amides is 2. The molecule has 0 aliphatic carbocycles. The van der Waals surface area contributed by atoms with E-state index in [0.717, 1.165) is 0 Å². The lowest BCUT2D eigenvalue weighted by Crippen LogP contribution is -2.47. The minimum Gasteiger partial charge on any atom is -0.355 e. The van der Waals surface area contributed by atoms with Gasteiger partial charge in [-0.05, 0) is 24.5 Å². The Balaban J connectivity index is 2.13. The molecule has 2 amide bonds. The number of halogens is 1. The summed E-state index contributed by atoms with van der Waals surface area (Å²) in [5.41, 5.74) is 0.113. The first-order valence-electron chi connectivity index (χ1n) is 8.16. The van der Waals surface area contributed by atoms with E-state index in [1.54, 1.807) is 6.07 Å². The predicted octanol–water partition coefficient (Wildman–Crippen LogP) is 1.94. The van der Waals surface area contributed by atoms with Crippen LogP contribution in [0.15, 0.2) is 34.9 Å². The second-order valence-corrected chi connectivity index (χ2v) is 6.12. The molecule has 0 saturated carbocycles. The predicted molar refractivity (Wildman–Crippen MR) is 91.7 cm³/mol. The third kappa shape index (κ3) is 4.98. The molecule has 0 aliphatic heterocycles. The molecule has 0 aliphatic rings. The van der Waals surface area contributed by atoms with Crippen molar-refractivity contribution in [1.29, 1.82) is 0 Å². The summed E-state index contributed by atoms with van der Waals surface area (Å²) < 4.78 is 18.8. The van der Waals surface area contributed by atoms with E-state index in [-0.39, 0.29) is 29.5 Å². The fourth-order valence-electron chi connectivity index (χ4n) is 2.37. The Kier molecular flexibility index (Phi) is 6.60.